The van der Waals surface area contributed by atoms with E-state index in [0.717, 1.165) is 40.9 Å². The lowest BCUT2D eigenvalue weighted by Gasteiger charge is -2.26. The molecule has 0 fully saturated rings. The van der Waals surface area contributed by atoms with Crippen molar-refractivity contribution in [2.45, 2.75) is 38.6 Å². The number of rotatable bonds is 14. The van der Waals surface area contributed by atoms with Crippen LogP contribution in [-0.2, 0) is 17.7 Å². The van der Waals surface area contributed by atoms with Gasteiger partial charge in [-0.1, -0.05) is 36.4 Å². The number of aromatic nitrogens is 3. The number of hydrogen-bond donors (Lipinski definition) is 2. The highest BCUT2D eigenvalue weighted by atomic mass is 16.5. The molecule has 1 unspecified atom stereocenters. The van der Waals surface area contributed by atoms with Crippen LogP contribution in [-0.4, -0.2) is 39.4 Å². The van der Waals surface area contributed by atoms with Crippen molar-refractivity contribution < 1.29 is 16.0 Å². The maximum absolute atomic E-state index is 10.7. The maximum atomic E-state index is 10.7. The van der Waals surface area contributed by atoms with Gasteiger partial charge in [-0.05, 0) is 55.2 Å². The first-order chi connectivity index (χ1) is 18.1. The number of carboxylic acid groups (broad SMARTS) is 1. The van der Waals surface area contributed by atoms with E-state index in [0.29, 0.717) is 31.7 Å². The van der Waals surface area contributed by atoms with Crippen LogP contribution in [0.25, 0.3) is 11.1 Å². The monoisotopic (exact) mass is 485 g/mol. The summed E-state index contributed by atoms with van der Waals surface area (Å²) in [6.07, 6.45) is 8.50. The van der Waals surface area contributed by atoms with Crippen molar-refractivity contribution in [2.24, 2.45) is 0 Å². The number of ether oxygens (including phenoxy) is 1. The number of unbranched alkanes of at least 4 members (excludes halogenated alkanes) is 2. The Morgan fingerprint density at radius 2 is 1.83 bits per heavy atom. The summed E-state index contributed by atoms with van der Waals surface area (Å²) < 4.78 is 15.3. The molecule has 4 rings (SSSR count). The number of carboxylic acids is 1. The Bertz CT molecular complexity index is 1230. The van der Waals surface area contributed by atoms with Crippen molar-refractivity contribution in [3.8, 4) is 16.9 Å². The summed E-state index contributed by atoms with van der Waals surface area (Å²) in [6, 6.07) is 21.7. The van der Waals surface area contributed by atoms with Gasteiger partial charge < -0.3 is 14.7 Å². The highest BCUT2D eigenvalue weighted by Crippen LogP contribution is 2.27. The lowest BCUT2D eigenvalue weighted by Crippen LogP contribution is -2.26. The third-order valence-electron chi connectivity index (χ3n) is 5.87. The number of nitrogens with zero attached hydrogens (tertiary/aromatic N) is 3. The summed E-state index contributed by atoms with van der Waals surface area (Å²) >= 11 is 0. The third-order valence-corrected chi connectivity index (χ3v) is 5.87. The first-order valence-corrected chi connectivity index (χ1v) is 12.2. The molecule has 1 atom stereocenters. The second kappa shape index (κ2) is 13.1. The van der Waals surface area contributed by atoms with Crippen molar-refractivity contribution in [3.05, 3.63) is 96.6 Å². The van der Waals surface area contributed by atoms with Crippen LogP contribution in [0.3, 0.4) is 0 Å². The fourth-order valence-electron chi connectivity index (χ4n) is 3.93. The largest absolute Gasteiger partial charge is 0.493 e. The molecule has 0 saturated heterocycles. The first kappa shape index (κ1) is 23.6. The minimum atomic E-state index is -0.771. The Balaban J connectivity index is 1.51. The molecule has 2 heterocycles. The van der Waals surface area contributed by atoms with Crippen LogP contribution in [0.5, 0.6) is 5.75 Å². The molecule has 4 aromatic rings. The molecule has 2 aromatic carbocycles. The number of H-pyrrole nitrogens is 1. The Labute approximate surface area is 213 Å². The smallest absolute Gasteiger partial charge is 0.303 e. The number of hydrogen-bond acceptors (Lipinski definition) is 5. The highest BCUT2D eigenvalue weighted by molar-refractivity contribution is 5.66. The van der Waals surface area contributed by atoms with Crippen LogP contribution >= 0.6 is 0 Å². The van der Waals surface area contributed by atoms with E-state index in [2.05, 4.69) is 20.1 Å². The van der Waals surface area contributed by atoms with Gasteiger partial charge in [-0.15, -0.1) is 0 Å². The maximum Gasteiger partial charge on any atom is 0.303 e. The van der Waals surface area contributed by atoms with E-state index in [4.69, 9.17) is 9.84 Å². The molecule has 0 bridgehead atoms. The van der Waals surface area contributed by atoms with Crippen LogP contribution in [0.2, 0.25) is 0 Å². The van der Waals surface area contributed by atoms with Gasteiger partial charge in [0.05, 0.1) is 14.2 Å². The van der Waals surface area contributed by atoms with Gasteiger partial charge >= 0.3 is 5.97 Å². The zero-order valence-electron chi connectivity index (χ0n) is 21.2. The number of anilines is 1. The van der Waals surface area contributed by atoms with Gasteiger partial charge in [-0.2, -0.15) is 5.10 Å². The molecule has 2 aromatic heterocycles. The number of nitrogens with one attached hydrogen (secondary N) is 1. The van der Waals surface area contributed by atoms with Crippen LogP contribution in [0.1, 0.15) is 38.3 Å². The van der Waals surface area contributed by atoms with Crippen molar-refractivity contribution in [1.29, 1.82) is 0 Å². The molecule has 0 amide bonds. The molecule has 0 spiro atoms. The van der Waals surface area contributed by atoms with Gasteiger partial charge in [0.15, 0.2) is 0 Å². The topological polar surface area (TPSA) is 91.3 Å². The van der Waals surface area contributed by atoms with E-state index >= 15 is 0 Å². The molecule has 186 valence electrons. The standard InChI is InChI=1S/C29H32N4O3/c34-29(35)11-2-1-7-19-36-28-10-4-3-8-24(28)22-33(18-16-26-9-5-6-17-30-26)27-14-12-23(13-15-27)25-20-31-32-21-25/h3-6,8-10,12-15,17,20-21H,1-2,7,11,16,18-19,22H2,(H,31,32)(H,34,35)/i22D. The van der Waals surface area contributed by atoms with Crippen molar-refractivity contribution in [2.75, 3.05) is 18.1 Å². The normalized spacial score (nSPS) is 12.1. The number of benzene rings is 2. The van der Waals surface area contributed by atoms with Gasteiger partial charge in [0.25, 0.3) is 0 Å². The number of aliphatic carboxylic acids is 1. The van der Waals surface area contributed by atoms with E-state index in [9.17, 15) is 6.17 Å². The van der Waals surface area contributed by atoms with Crippen LogP contribution in [0, 0.1) is 0 Å². The highest BCUT2D eigenvalue weighted by Gasteiger charge is 2.13. The molecule has 0 saturated carbocycles. The summed E-state index contributed by atoms with van der Waals surface area (Å²) in [5.41, 5.74) is 4.76. The zero-order chi connectivity index (χ0) is 25.9. The van der Waals surface area contributed by atoms with Crippen molar-refractivity contribution in [3.63, 3.8) is 0 Å². The zero-order valence-corrected chi connectivity index (χ0v) is 20.2. The lowest BCUT2D eigenvalue weighted by molar-refractivity contribution is -0.137. The second-order valence-electron chi connectivity index (χ2n) is 8.52. The predicted molar refractivity (Wildman–Crippen MR) is 141 cm³/mol. The Kier molecular flexibility index (Phi) is 8.58. The van der Waals surface area contributed by atoms with E-state index < -0.39 is 12.5 Å². The average molecular weight is 486 g/mol. The Morgan fingerprint density at radius 1 is 1.00 bits per heavy atom. The SMILES string of the molecule is [2H]C(c1ccccc1OCCCCCC(=O)O)N(CCc1ccccn1)c1ccc(-c2cn[nH]c2)cc1. The van der Waals surface area contributed by atoms with Crippen molar-refractivity contribution in [1.82, 2.24) is 15.2 Å². The number of para-hydroxylation sites is 1. The first-order valence-electron chi connectivity index (χ1n) is 12.8. The van der Waals surface area contributed by atoms with Gasteiger partial charge in [0, 0.05) is 60.8 Å². The lowest BCUT2D eigenvalue weighted by atomic mass is 10.1. The van der Waals surface area contributed by atoms with E-state index in [1.165, 1.54) is 0 Å². The molecule has 0 aliphatic rings. The summed E-state index contributed by atoms with van der Waals surface area (Å²) in [4.78, 5) is 17.2. The minimum Gasteiger partial charge on any atom is -0.493 e. The van der Waals surface area contributed by atoms with Crippen LogP contribution < -0.4 is 9.64 Å². The Morgan fingerprint density at radius 3 is 2.58 bits per heavy atom. The van der Waals surface area contributed by atoms with Crippen LogP contribution in [0.4, 0.5) is 5.69 Å². The molecular weight excluding hydrogens is 452 g/mol. The van der Waals surface area contributed by atoms with Crippen LogP contribution in [0.15, 0.2) is 85.3 Å². The summed E-state index contributed by atoms with van der Waals surface area (Å²) in [5.74, 6) is -0.0921. The fraction of sp³-hybridized carbons (Fsp3) is 0.276. The molecule has 0 aliphatic heterocycles. The number of pyridine rings is 1. The quantitative estimate of drug-likeness (QED) is 0.221. The minimum absolute atomic E-state index is 0.177. The van der Waals surface area contributed by atoms with Gasteiger partial charge in [0.1, 0.15) is 5.75 Å². The third kappa shape index (κ3) is 7.43. The predicted octanol–water partition coefficient (Wildman–Crippen LogP) is 5.74. The van der Waals surface area contributed by atoms with E-state index in [1.807, 2.05) is 72.9 Å². The second-order valence-corrected chi connectivity index (χ2v) is 8.52. The van der Waals surface area contributed by atoms with Gasteiger partial charge in [-0.3, -0.25) is 14.9 Å². The molecular formula is C29H32N4O3. The summed E-state index contributed by atoms with van der Waals surface area (Å²) in [7, 11) is 0. The Hall–Kier alpha value is -4.13. The summed E-state index contributed by atoms with van der Waals surface area (Å²) in [6.45, 7) is 0.405. The van der Waals surface area contributed by atoms with Crippen molar-refractivity contribution >= 4 is 11.7 Å². The molecule has 2 N–H and O–H groups in total. The van der Waals surface area contributed by atoms with E-state index in [1.54, 1.807) is 12.4 Å². The molecule has 0 radical (unpaired) electrons. The average Bonchev–Trinajstić information content (AvgIpc) is 3.47. The van der Waals surface area contributed by atoms with Gasteiger partial charge in [0.2, 0.25) is 0 Å². The van der Waals surface area contributed by atoms with E-state index in [-0.39, 0.29) is 6.42 Å². The molecule has 36 heavy (non-hydrogen) atoms. The molecule has 0 aliphatic carbocycles. The number of aromatic amines is 1. The van der Waals surface area contributed by atoms with Gasteiger partial charge in [-0.25, -0.2) is 0 Å². The molecule has 7 heteroatoms. The molecule has 7 nitrogen and oxygen atoms in total. The summed E-state index contributed by atoms with van der Waals surface area (Å²) in [5, 5.41) is 15.7. The number of carbonyl (C=O) groups is 1. The fourth-order valence-corrected chi connectivity index (χ4v) is 3.93.